The molecule has 0 saturated carbocycles. The van der Waals surface area contributed by atoms with Crippen LogP contribution in [0.2, 0.25) is 0 Å². The van der Waals surface area contributed by atoms with Gasteiger partial charge in [-0.1, -0.05) is 0 Å². The van der Waals surface area contributed by atoms with Crippen LogP contribution in [0.5, 0.6) is 6.01 Å². The van der Waals surface area contributed by atoms with E-state index >= 15 is 0 Å². The molecule has 134 valence electrons. The number of pyridine rings is 1. The number of ether oxygens (including phenoxy) is 1. The van der Waals surface area contributed by atoms with Gasteiger partial charge in [-0.05, 0) is 37.5 Å². The van der Waals surface area contributed by atoms with Gasteiger partial charge in [-0.2, -0.15) is 13.2 Å². The van der Waals surface area contributed by atoms with Gasteiger partial charge in [0.25, 0.3) is 0 Å². The normalized spacial score (nSPS) is 18.2. The van der Waals surface area contributed by atoms with Crippen molar-refractivity contribution in [2.45, 2.75) is 25.9 Å². The van der Waals surface area contributed by atoms with E-state index in [9.17, 15) is 13.2 Å². The number of hydrogen-bond acceptors (Lipinski definition) is 5. The van der Waals surface area contributed by atoms with E-state index in [0.717, 1.165) is 30.5 Å². The van der Waals surface area contributed by atoms with Gasteiger partial charge in [0.2, 0.25) is 0 Å². The van der Waals surface area contributed by atoms with E-state index in [1.807, 2.05) is 11.8 Å². The molecule has 1 aliphatic heterocycles. The van der Waals surface area contributed by atoms with Gasteiger partial charge in [-0.25, -0.2) is 15.0 Å². The van der Waals surface area contributed by atoms with Gasteiger partial charge in [0.15, 0.2) is 0 Å². The highest BCUT2D eigenvalue weighted by Gasteiger charge is 2.31. The van der Waals surface area contributed by atoms with Gasteiger partial charge < -0.3 is 9.64 Å². The maximum absolute atomic E-state index is 12.9. The highest BCUT2D eigenvalue weighted by atomic mass is 19.4. The number of aromatic nitrogens is 3. The van der Waals surface area contributed by atoms with E-state index in [-0.39, 0.29) is 5.92 Å². The van der Waals surface area contributed by atoms with Gasteiger partial charge in [-0.15, -0.1) is 0 Å². The molecule has 8 heteroatoms. The molecule has 1 aliphatic rings. The van der Waals surface area contributed by atoms with Crippen molar-refractivity contribution in [3.05, 3.63) is 41.9 Å². The summed E-state index contributed by atoms with van der Waals surface area (Å²) < 4.78 is 44.2. The molecule has 1 saturated heterocycles. The zero-order valence-electron chi connectivity index (χ0n) is 13.8. The molecule has 0 bridgehead atoms. The van der Waals surface area contributed by atoms with Crippen molar-refractivity contribution in [2.75, 3.05) is 24.6 Å². The summed E-state index contributed by atoms with van der Waals surface area (Å²) in [6, 6.07) is 2.41. The smallest absolute Gasteiger partial charge is 0.416 e. The van der Waals surface area contributed by atoms with Crippen LogP contribution in [0.3, 0.4) is 0 Å². The lowest BCUT2D eigenvalue weighted by molar-refractivity contribution is -0.137. The van der Waals surface area contributed by atoms with Crippen LogP contribution < -0.4 is 9.64 Å². The molecule has 5 nitrogen and oxygen atoms in total. The fraction of sp³-hybridized carbons (Fsp3) is 0.471. The Morgan fingerprint density at radius 1 is 1.24 bits per heavy atom. The third-order valence-electron chi connectivity index (χ3n) is 4.12. The van der Waals surface area contributed by atoms with Crippen LogP contribution in [-0.4, -0.2) is 34.6 Å². The number of halogens is 3. The number of rotatable bonds is 4. The van der Waals surface area contributed by atoms with E-state index in [1.165, 1.54) is 6.20 Å². The number of piperidine rings is 1. The fourth-order valence-corrected chi connectivity index (χ4v) is 2.82. The van der Waals surface area contributed by atoms with Crippen LogP contribution in [0.4, 0.5) is 19.0 Å². The number of alkyl halides is 3. The predicted molar refractivity (Wildman–Crippen MR) is 86.4 cm³/mol. The number of hydrogen-bond donors (Lipinski definition) is 0. The third-order valence-corrected chi connectivity index (χ3v) is 4.12. The Morgan fingerprint density at radius 2 is 2.00 bits per heavy atom. The first-order valence-electron chi connectivity index (χ1n) is 8.11. The Morgan fingerprint density at radius 3 is 2.72 bits per heavy atom. The quantitative estimate of drug-likeness (QED) is 0.843. The molecule has 1 atom stereocenters. The van der Waals surface area contributed by atoms with E-state index in [1.54, 1.807) is 12.4 Å². The number of aryl methyl sites for hydroxylation is 1. The summed E-state index contributed by atoms with van der Waals surface area (Å²) in [5.41, 5.74) is 0.274. The second-order valence-electron chi connectivity index (χ2n) is 6.21. The molecule has 0 aromatic carbocycles. The van der Waals surface area contributed by atoms with Crippen LogP contribution in [-0.2, 0) is 6.18 Å². The number of anilines is 1. The van der Waals surface area contributed by atoms with Crippen molar-refractivity contribution < 1.29 is 17.9 Å². The van der Waals surface area contributed by atoms with Crippen molar-refractivity contribution in [1.82, 2.24) is 15.0 Å². The monoisotopic (exact) mass is 352 g/mol. The first-order chi connectivity index (χ1) is 11.9. The lowest BCUT2D eigenvalue weighted by atomic mass is 9.99. The van der Waals surface area contributed by atoms with E-state index in [0.29, 0.717) is 31.5 Å². The van der Waals surface area contributed by atoms with Gasteiger partial charge in [0.1, 0.15) is 5.82 Å². The zero-order chi connectivity index (χ0) is 17.9. The van der Waals surface area contributed by atoms with Crippen molar-refractivity contribution in [3.63, 3.8) is 0 Å². The van der Waals surface area contributed by atoms with Gasteiger partial charge >= 0.3 is 12.2 Å². The summed E-state index contributed by atoms with van der Waals surface area (Å²) in [7, 11) is 0. The van der Waals surface area contributed by atoms with E-state index < -0.39 is 11.7 Å². The van der Waals surface area contributed by atoms with Crippen LogP contribution >= 0.6 is 0 Å². The predicted octanol–water partition coefficient (Wildman–Crippen LogP) is 3.49. The largest absolute Gasteiger partial charge is 0.463 e. The molecule has 3 rings (SSSR count). The third kappa shape index (κ3) is 4.58. The van der Waals surface area contributed by atoms with Crippen molar-refractivity contribution in [3.8, 4) is 6.01 Å². The van der Waals surface area contributed by atoms with Gasteiger partial charge in [-0.3, -0.25) is 0 Å². The fourth-order valence-electron chi connectivity index (χ4n) is 2.82. The Kier molecular flexibility index (Phi) is 5.06. The second-order valence-corrected chi connectivity index (χ2v) is 6.21. The first-order valence-corrected chi connectivity index (χ1v) is 8.11. The van der Waals surface area contributed by atoms with Crippen LogP contribution in [0.15, 0.2) is 30.7 Å². The summed E-state index contributed by atoms with van der Waals surface area (Å²) in [5, 5.41) is 0. The van der Waals surface area contributed by atoms with Crippen LogP contribution in [0.25, 0.3) is 0 Å². The molecule has 1 fully saturated rings. The minimum absolute atomic E-state index is 0.190. The van der Waals surface area contributed by atoms with Crippen molar-refractivity contribution in [2.24, 2.45) is 5.92 Å². The molecule has 2 aromatic rings. The zero-order valence-corrected chi connectivity index (χ0v) is 13.8. The molecule has 25 heavy (non-hydrogen) atoms. The molecular weight excluding hydrogens is 333 g/mol. The van der Waals surface area contributed by atoms with Crippen molar-refractivity contribution >= 4 is 5.82 Å². The van der Waals surface area contributed by atoms with Crippen molar-refractivity contribution in [1.29, 1.82) is 0 Å². The molecule has 0 amide bonds. The van der Waals surface area contributed by atoms with E-state index in [2.05, 4.69) is 15.0 Å². The van der Waals surface area contributed by atoms with E-state index in [4.69, 9.17) is 4.74 Å². The SMILES string of the molecule is Cc1cnc(OCC2CCCN(c3cc(C(F)(F)F)ccn3)C2)nc1. The Bertz CT molecular complexity index is 706. The highest BCUT2D eigenvalue weighted by molar-refractivity contribution is 5.42. The topological polar surface area (TPSA) is 51.1 Å². The summed E-state index contributed by atoms with van der Waals surface area (Å²) >= 11 is 0. The molecule has 0 aliphatic carbocycles. The molecular formula is C17H19F3N4O. The average molecular weight is 352 g/mol. The van der Waals surface area contributed by atoms with Gasteiger partial charge in [0.05, 0.1) is 12.2 Å². The molecule has 3 heterocycles. The Hall–Kier alpha value is -2.38. The minimum Gasteiger partial charge on any atom is -0.463 e. The lowest BCUT2D eigenvalue weighted by Crippen LogP contribution is -2.38. The van der Waals surface area contributed by atoms with Crippen LogP contribution in [0, 0.1) is 12.8 Å². The summed E-state index contributed by atoms with van der Waals surface area (Å²) in [6.45, 7) is 3.61. The summed E-state index contributed by atoms with van der Waals surface area (Å²) in [6.07, 6.45) is 2.03. The molecule has 0 radical (unpaired) electrons. The molecule has 0 spiro atoms. The van der Waals surface area contributed by atoms with Gasteiger partial charge in [0, 0.05) is 37.6 Å². The molecule has 0 N–H and O–H groups in total. The standard InChI is InChI=1S/C17H19F3N4O/c1-12-8-22-16(23-9-12)25-11-13-3-2-6-24(10-13)15-7-14(4-5-21-15)17(18,19)20/h4-5,7-9,13H,2-3,6,10-11H2,1H3. The molecule has 2 aromatic heterocycles. The second kappa shape index (κ2) is 7.25. The maximum Gasteiger partial charge on any atom is 0.416 e. The summed E-state index contributed by atoms with van der Waals surface area (Å²) in [4.78, 5) is 14.2. The first kappa shape index (κ1) is 17.4. The molecule has 1 unspecified atom stereocenters. The number of nitrogens with zero attached hydrogens (tertiary/aromatic N) is 4. The average Bonchev–Trinajstić information content (AvgIpc) is 2.61. The lowest BCUT2D eigenvalue weighted by Gasteiger charge is -2.33. The Balaban J connectivity index is 1.62. The Labute approximate surface area is 143 Å². The summed E-state index contributed by atoms with van der Waals surface area (Å²) in [5.74, 6) is 0.543. The van der Waals surface area contributed by atoms with Crippen LogP contribution in [0.1, 0.15) is 24.0 Å². The maximum atomic E-state index is 12.9. The highest BCUT2D eigenvalue weighted by Crippen LogP contribution is 2.31. The minimum atomic E-state index is -4.36.